The van der Waals surface area contributed by atoms with E-state index >= 15 is 0 Å². The second-order valence-corrected chi connectivity index (χ2v) is 10.0. The summed E-state index contributed by atoms with van der Waals surface area (Å²) in [7, 11) is 0. The van der Waals surface area contributed by atoms with E-state index in [1.54, 1.807) is 0 Å². The third kappa shape index (κ3) is 3.15. The molecule has 0 saturated carbocycles. The van der Waals surface area contributed by atoms with Crippen molar-refractivity contribution >= 4 is 33.8 Å². The molecule has 0 amide bonds. The average Bonchev–Trinajstić information content (AvgIpc) is 3.23. The fourth-order valence-corrected chi connectivity index (χ4v) is 6.91. The monoisotopic (exact) mass is 460 g/mol. The molecule has 1 heterocycles. The van der Waals surface area contributed by atoms with Crippen LogP contribution in [0.2, 0.25) is 0 Å². The first-order valence-corrected chi connectivity index (χ1v) is 12.3. The Bertz CT molecular complexity index is 1520. The standard InChI is InChI=1S/C30H20Se/c1-2-11-21(12-3-1)22-13-4-5-14-23(22)24-15-6-7-16-25(24)26-18-10-20-29-30(26)27-17-8-9-19-28(27)31-29/h1-20H. The van der Waals surface area contributed by atoms with Crippen LogP contribution >= 0.6 is 0 Å². The van der Waals surface area contributed by atoms with E-state index in [-0.39, 0.29) is 0 Å². The van der Waals surface area contributed by atoms with E-state index in [4.69, 9.17) is 0 Å². The van der Waals surface area contributed by atoms with Crippen LogP contribution in [-0.2, 0) is 0 Å². The first-order valence-electron chi connectivity index (χ1n) is 10.5. The van der Waals surface area contributed by atoms with Crippen LogP contribution in [0, 0.1) is 0 Å². The molecule has 0 saturated heterocycles. The molecular weight excluding hydrogens is 439 g/mol. The Kier molecular flexibility index (Phi) is 4.57. The SMILES string of the molecule is c1ccc(-c2ccccc2-c2ccccc2-c2cccc3[se]c4ccccc4c23)cc1. The zero-order chi connectivity index (χ0) is 20.6. The Morgan fingerprint density at radius 1 is 0.355 bits per heavy atom. The van der Waals surface area contributed by atoms with Gasteiger partial charge in [0.05, 0.1) is 0 Å². The summed E-state index contributed by atoms with van der Waals surface area (Å²) in [5.74, 6) is 0. The number of hydrogen-bond donors (Lipinski definition) is 0. The summed E-state index contributed by atoms with van der Waals surface area (Å²) in [5, 5.41) is 2.82. The van der Waals surface area contributed by atoms with Gasteiger partial charge >= 0.3 is 189 Å². The average molecular weight is 459 g/mol. The summed E-state index contributed by atoms with van der Waals surface area (Å²) in [6.07, 6.45) is 0. The topological polar surface area (TPSA) is 0 Å². The van der Waals surface area contributed by atoms with Crippen LogP contribution < -0.4 is 0 Å². The predicted octanol–water partition coefficient (Wildman–Crippen LogP) is 8.05. The summed E-state index contributed by atoms with van der Waals surface area (Å²) < 4.78 is 2.97. The maximum absolute atomic E-state index is 2.30. The third-order valence-electron chi connectivity index (χ3n) is 5.92. The molecule has 0 aliphatic carbocycles. The molecule has 5 aromatic carbocycles. The molecule has 0 aliphatic heterocycles. The molecular formula is C30H20Se. The molecule has 1 heteroatoms. The van der Waals surface area contributed by atoms with Crippen LogP contribution in [0.5, 0.6) is 0 Å². The molecule has 0 bridgehead atoms. The molecule has 0 unspecified atom stereocenters. The van der Waals surface area contributed by atoms with Crippen molar-refractivity contribution in [1.82, 2.24) is 0 Å². The van der Waals surface area contributed by atoms with Gasteiger partial charge < -0.3 is 0 Å². The second-order valence-electron chi connectivity index (χ2n) is 7.73. The summed E-state index contributed by atoms with van der Waals surface area (Å²) in [5.41, 5.74) is 7.72. The van der Waals surface area contributed by atoms with Crippen LogP contribution in [-0.4, -0.2) is 14.5 Å². The molecule has 0 radical (unpaired) electrons. The molecule has 0 N–H and O–H groups in total. The zero-order valence-corrected chi connectivity index (χ0v) is 18.7. The minimum absolute atomic E-state index is 0.374. The molecule has 0 fully saturated rings. The van der Waals surface area contributed by atoms with E-state index in [9.17, 15) is 0 Å². The van der Waals surface area contributed by atoms with Crippen molar-refractivity contribution in [2.24, 2.45) is 0 Å². The van der Waals surface area contributed by atoms with E-state index in [0.29, 0.717) is 14.5 Å². The van der Waals surface area contributed by atoms with Crippen molar-refractivity contribution in [3.63, 3.8) is 0 Å². The van der Waals surface area contributed by atoms with E-state index < -0.39 is 0 Å². The molecule has 146 valence electrons. The molecule has 0 nitrogen and oxygen atoms in total. The predicted molar refractivity (Wildman–Crippen MR) is 135 cm³/mol. The van der Waals surface area contributed by atoms with Crippen LogP contribution in [0.4, 0.5) is 0 Å². The van der Waals surface area contributed by atoms with Gasteiger partial charge in [0.25, 0.3) is 0 Å². The normalized spacial score (nSPS) is 11.2. The zero-order valence-electron chi connectivity index (χ0n) is 17.0. The number of rotatable bonds is 3. The Hall–Kier alpha value is -3.38. The van der Waals surface area contributed by atoms with Gasteiger partial charge in [-0.25, -0.2) is 0 Å². The molecule has 6 rings (SSSR count). The fourth-order valence-electron chi connectivity index (χ4n) is 4.54. The van der Waals surface area contributed by atoms with Crippen molar-refractivity contribution in [3.8, 4) is 33.4 Å². The van der Waals surface area contributed by atoms with Gasteiger partial charge in [-0.15, -0.1) is 0 Å². The fraction of sp³-hybridized carbons (Fsp3) is 0. The van der Waals surface area contributed by atoms with Gasteiger partial charge in [-0.1, -0.05) is 0 Å². The van der Waals surface area contributed by atoms with Crippen molar-refractivity contribution in [2.45, 2.75) is 0 Å². The molecule has 0 atom stereocenters. The van der Waals surface area contributed by atoms with Crippen LogP contribution in [0.25, 0.3) is 52.7 Å². The number of fused-ring (bicyclic) bond motifs is 3. The van der Waals surface area contributed by atoms with Gasteiger partial charge in [-0.05, 0) is 0 Å². The van der Waals surface area contributed by atoms with Crippen molar-refractivity contribution < 1.29 is 0 Å². The maximum atomic E-state index is 2.30. The Morgan fingerprint density at radius 3 is 1.65 bits per heavy atom. The van der Waals surface area contributed by atoms with E-state index in [2.05, 4.69) is 121 Å². The summed E-state index contributed by atoms with van der Waals surface area (Å²) in [6, 6.07) is 44.0. The van der Waals surface area contributed by atoms with Gasteiger partial charge in [0.2, 0.25) is 0 Å². The second kappa shape index (κ2) is 7.70. The van der Waals surface area contributed by atoms with Crippen LogP contribution in [0.3, 0.4) is 0 Å². The Balaban J connectivity index is 1.65. The first-order chi connectivity index (χ1) is 15.4. The van der Waals surface area contributed by atoms with Gasteiger partial charge in [-0.2, -0.15) is 0 Å². The Morgan fingerprint density at radius 2 is 0.871 bits per heavy atom. The van der Waals surface area contributed by atoms with Crippen LogP contribution in [0.15, 0.2) is 121 Å². The molecule has 1 aromatic heterocycles. The van der Waals surface area contributed by atoms with Crippen LogP contribution in [0.1, 0.15) is 0 Å². The first kappa shape index (κ1) is 18.4. The van der Waals surface area contributed by atoms with Gasteiger partial charge in [-0.3, -0.25) is 0 Å². The van der Waals surface area contributed by atoms with E-state index in [0.717, 1.165) is 0 Å². The van der Waals surface area contributed by atoms with Gasteiger partial charge in [0.15, 0.2) is 0 Å². The molecule has 0 spiro atoms. The Labute approximate surface area is 188 Å². The molecule has 31 heavy (non-hydrogen) atoms. The minimum atomic E-state index is 0.374. The summed E-state index contributed by atoms with van der Waals surface area (Å²) in [4.78, 5) is 0. The van der Waals surface area contributed by atoms with Gasteiger partial charge in [0, 0.05) is 0 Å². The number of benzene rings is 5. The summed E-state index contributed by atoms with van der Waals surface area (Å²) >= 11 is 0.374. The van der Waals surface area contributed by atoms with E-state index in [1.165, 1.54) is 52.7 Å². The van der Waals surface area contributed by atoms with E-state index in [1.807, 2.05) is 0 Å². The van der Waals surface area contributed by atoms with Crippen molar-refractivity contribution in [3.05, 3.63) is 121 Å². The van der Waals surface area contributed by atoms with Crippen molar-refractivity contribution in [2.75, 3.05) is 0 Å². The molecule has 0 aliphatic rings. The third-order valence-corrected chi connectivity index (χ3v) is 8.31. The van der Waals surface area contributed by atoms with Gasteiger partial charge in [0.1, 0.15) is 0 Å². The number of hydrogen-bond acceptors (Lipinski definition) is 0. The molecule has 6 aromatic rings. The summed E-state index contributed by atoms with van der Waals surface area (Å²) in [6.45, 7) is 0. The van der Waals surface area contributed by atoms with Crippen molar-refractivity contribution in [1.29, 1.82) is 0 Å². The quantitative estimate of drug-likeness (QED) is 0.235.